The summed E-state index contributed by atoms with van der Waals surface area (Å²) in [5.41, 5.74) is -2.04. The lowest BCUT2D eigenvalue weighted by molar-refractivity contribution is -0.121. The molecular formula is C37H41Cl2F2N3O4. The van der Waals surface area contributed by atoms with E-state index in [0.29, 0.717) is 19.4 Å². The average molecular weight is 701 g/mol. The number of unbranched alkanes of at least 4 members (excludes halogenated alkanes) is 3. The fourth-order valence-corrected chi connectivity index (χ4v) is 7.31. The molecule has 1 saturated heterocycles. The van der Waals surface area contributed by atoms with E-state index in [9.17, 15) is 20.0 Å². The molecule has 0 unspecified atom stereocenters. The number of carbonyl (C=O) groups is 2. The summed E-state index contributed by atoms with van der Waals surface area (Å²) in [4.78, 5) is 28.3. The Morgan fingerprint density at radius 3 is 2.42 bits per heavy atom. The van der Waals surface area contributed by atoms with Gasteiger partial charge in [-0.05, 0) is 66.8 Å². The number of carbonyl (C=O) groups excluding carboxylic acids is 1. The Hall–Kier alpha value is -3.71. The van der Waals surface area contributed by atoms with Gasteiger partial charge >= 0.3 is 5.97 Å². The molecule has 0 bridgehead atoms. The molecule has 3 aromatic rings. The number of nitrogens with one attached hydrogen (secondary N) is 1. The fraction of sp³-hybridized carbons (Fsp3) is 0.432. The van der Waals surface area contributed by atoms with Crippen LogP contribution in [0, 0.1) is 28.4 Å². The Labute approximate surface area is 290 Å². The highest BCUT2D eigenvalue weighted by atomic mass is 35.5. The lowest BCUT2D eigenvalue weighted by atomic mass is 9.62. The van der Waals surface area contributed by atoms with Gasteiger partial charge < -0.3 is 15.2 Å². The summed E-state index contributed by atoms with van der Waals surface area (Å²) in [6.07, 6.45) is 3.79. The molecule has 2 N–H and O–H groups in total. The molecule has 1 aliphatic rings. The van der Waals surface area contributed by atoms with Crippen molar-refractivity contribution in [1.82, 2.24) is 4.90 Å². The van der Waals surface area contributed by atoms with Crippen LogP contribution in [0.25, 0.3) is 0 Å². The van der Waals surface area contributed by atoms with Crippen LogP contribution in [0.4, 0.5) is 14.5 Å². The molecule has 0 radical (unpaired) electrons. The zero-order valence-electron chi connectivity index (χ0n) is 27.7. The van der Waals surface area contributed by atoms with Crippen LogP contribution in [-0.4, -0.2) is 47.6 Å². The summed E-state index contributed by atoms with van der Waals surface area (Å²) in [6, 6.07) is 13.0. The molecule has 0 spiro atoms. The van der Waals surface area contributed by atoms with Crippen molar-refractivity contribution in [2.75, 3.05) is 19.0 Å². The van der Waals surface area contributed by atoms with Crippen molar-refractivity contribution in [3.05, 3.63) is 93.0 Å². The lowest BCUT2D eigenvalue weighted by Crippen LogP contribution is -2.48. The molecule has 1 fully saturated rings. The molecule has 48 heavy (non-hydrogen) atoms. The minimum absolute atomic E-state index is 0.00158. The number of aromatic carboxylic acids is 1. The summed E-state index contributed by atoms with van der Waals surface area (Å²) < 4.78 is 37.9. The second kappa shape index (κ2) is 15.2. The Balaban J connectivity index is 2.05. The SMILES string of the molecule is CCCCCCN1[C@@H](CC(C)(C)C)[C@](C#N)(c2ccc(Cl)cc2F)[C@@H](c2cccc(Cl)c2F)[C@@H]1C(=O)Nc1ccc(C(=O)O)cc1OC. The molecule has 1 amide bonds. The minimum atomic E-state index is -1.78. The monoisotopic (exact) mass is 699 g/mol. The summed E-state index contributed by atoms with van der Waals surface area (Å²) in [7, 11) is 1.35. The molecule has 7 nitrogen and oxygen atoms in total. The third-order valence-corrected chi connectivity index (χ3v) is 9.55. The predicted octanol–water partition coefficient (Wildman–Crippen LogP) is 9.23. The van der Waals surface area contributed by atoms with Crippen LogP contribution in [0.3, 0.4) is 0 Å². The van der Waals surface area contributed by atoms with Gasteiger partial charge in [0.2, 0.25) is 5.91 Å². The van der Waals surface area contributed by atoms with Gasteiger partial charge in [-0.3, -0.25) is 9.69 Å². The first-order valence-corrected chi connectivity index (χ1v) is 16.7. The molecule has 1 aliphatic heterocycles. The number of ether oxygens (including phenoxy) is 1. The first-order valence-electron chi connectivity index (χ1n) is 16.0. The van der Waals surface area contributed by atoms with Crippen LogP contribution in [0.5, 0.6) is 5.75 Å². The summed E-state index contributed by atoms with van der Waals surface area (Å²) in [5, 5.41) is 23.7. The van der Waals surface area contributed by atoms with Crippen molar-refractivity contribution in [3.8, 4) is 11.8 Å². The molecule has 4 atom stereocenters. The Bertz CT molecular complexity index is 1710. The highest BCUT2D eigenvalue weighted by Gasteiger charge is 2.64. The summed E-state index contributed by atoms with van der Waals surface area (Å²) in [6.45, 7) is 8.45. The molecule has 0 aromatic heterocycles. The number of rotatable bonds is 12. The Morgan fingerprint density at radius 2 is 1.81 bits per heavy atom. The first kappa shape index (κ1) is 37.1. The highest BCUT2D eigenvalue weighted by Crippen LogP contribution is 2.57. The largest absolute Gasteiger partial charge is 0.495 e. The number of anilines is 1. The van der Waals surface area contributed by atoms with Crippen molar-refractivity contribution >= 4 is 40.8 Å². The van der Waals surface area contributed by atoms with Gasteiger partial charge in [0, 0.05) is 22.5 Å². The molecular weight excluding hydrogens is 659 g/mol. The van der Waals surface area contributed by atoms with Crippen LogP contribution in [0.2, 0.25) is 10.0 Å². The minimum Gasteiger partial charge on any atom is -0.495 e. The number of carboxylic acids is 1. The summed E-state index contributed by atoms with van der Waals surface area (Å²) >= 11 is 12.5. The molecule has 0 saturated carbocycles. The van der Waals surface area contributed by atoms with Crippen LogP contribution >= 0.6 is 23.2 Å². The van der Waals surface area contributed by atoms with E-state index in [1.165, 1.54) is 49.6 Å². The number of nitriles is 1. The zero-order chi connectivity index (χ0) is 35.4. The molecule has 3 aromatic carbocycles. The third-order valence-electron chi connectivity index (χ3n) is 9.02. The van der Waals surface area contributed by atoms with E-state index >= 15 is 8.78 Å². The van der Waals surface area contributed by atoms with Gasteiger partial charge in [-0.1, -0.05) is 88.4 Å². The number of carboxylic acid groups (broad SMARTS) is 1. The predicted molar refractivity (Wildman–Crippen MR) is 184 cm³/mol. The number of hydrogen-bond donors (Lipinski definition) is 2. The topological polar surface area (TPSA) is 103 Å². The Morgan fingerprint density at radius 1 is 1.08 bits per heavy atom. The maximum Gasteiger partial charge on any atom is 0.335 e. The van der Waals surface area contributed by atoms with Crippen LogP contribution < -0.4 is 10.1 Å². The van der Waals surface area contributed by atoms with Crippen molar-refractivity contribution in [3.63, 3.8) is 0 Å². The van der Waals surface area contributed by atoms with E-state index in [0.717, 1.165) is 25.3 Å². The van der Waals surface area contributed by atoms with Crippen LogP contribution in [-0.2, 0) is 10.2 Å². The number of methoxy groups -OCH3 is 1. The van der Waals surface area contributed by atoms with Gasteiger partial charge in [0.15, 0.2) is 0 Å². The Kier molecular flexibility index (Phi) is 11.8. The first-order chi connectivity index (χ1) is 22.7. The van der Waals surface area contributed by atoms with Gasteiger partial charge in [0.25, 0.3) is 0 Å². The maximum atomic E-state index is 16.3. The number of amides is 1. The zero-order valence-corrected chi connectivity index (χ0v) is 29.3. The molecule has 256 valence electrons. The van der Waals surface area contributed by atoms with Gasteiger partial charge in [0.05, 0.1) is 35.5 Å². The van der Waals surface area contributed by atoms with E-state index in [1.54, 1.807) is 6.07 Å². The van der Waals surface area contributed by atoms with E-state index < -0.39 is 52.3 Å². The number of nitrogens with zero attached hydrogens (tertiary/aromatic N) is 2. The second-order valence-electron chi connectivity index (χ2n) is 13.5. The molecule has 1 heterocycles. The smallest absolute Gasteiger partial charge is 0.335 e. The normalized spacial score (nSPS) is 21.1. The van der Waals surface area contributed by atoms with Gasteiger partial charge in [-0.15, -0.1) is 0 Å². The van der Waals surface area contributed by atoms with Crippen molar-refractivity contribution in [1.29, 1.82) is 5.26 Å². The highest BCUT2D eigenvalue weighted by molar-refractivity contribution is 6.31. The van der Waals surface area contributed by atoms with Crippen molar-refractivity contribution in [2.24, 2.45) is 5.41 Å². The second-order valence-corrected chi connectivity index (χ2v) is 14.3. The lowest BCUT2D eigenvalue weighted by Gasteiger charge is -2.39. The molecule has 0 aliphatic carbocycles. The number of halogens is 4. The molecule has 11 heteroatoms. The van der Waals surface area contributed by atoms with Gasteiger partial charge in [-0.25, -0.2) is 13.6 Å². The van der Waals surface area contributed by atoms with E-state index in [2.05, 4.69) is 18.3 Å². The fourth-order valence-electron chi connectivity index (χ4n) is 6.97. The summed E-state index contributed by atoms with van der Waals surface area (Å²) in [5.74, 6) is -4.45. The van der Waals surface area contributed by atoms with Crippen LogP contribution in [0.1, 0.15) is 87.2 Å². The van der Waals surface area contributed by atoms with E-state index in [4.69, 9.17) is 27.9 Å². The maximum absolute atomic E-state index is 16.3. The number of hydrogen-bond acceptors (Lipinski definition) is 5. The van der Waals surface area contributed by atoms with Crippen molar-refractivity contribution < 1.29 is 28.2 Å². The quantitative estimate of drug-likeness (QED) is 0.183. The van der Waals surface area contributed by atoms with Gasteiger partial charge in [0.1, 0.15) is 22.8 Å². The van der Waals surface area contributed by atoms with E-state index in [1.807, 2.05) is 25.7 Å². The third kappa shape index (κ3) is 7.46. The number of likely N-dealkylation sites (tertiary alicyclic amines) is 1. The average Bonchev–Trinajstić information content (AvgIpc) is 3.28. The van der Waals surface area contributed by atoms with E-state index in [-0.39, 0.29) is 38.2 Å². The standard InChI is InChI=1S/C37H41Cl2F2N3O4/c1-6-7-8-9-17-44-30(20-36(2,3)4)37(21-42,25-15-14-23(38)19-27(25)40)31(24-11-10-12-26(39)32(24)41)33(44)34(45)43-28-16-13-22(35(46)47)18-29(28)48-5/h10-16,18-19,30-31,33H,6-9,17,20H2,1-5H3,(H,43,45)(H,46,47)/t30-,31-,33+,37-/m0/s1. The van der Waals surface area contributed by atoms with Gasteiger partial charge in [-0.2, -0.15) is 5.26 Å². The molecule has 4 rings (SSSR count). The number of benzene rings is 3. The van der Waals surface area contributed by atoms with Crippen molar-refractivity contribution in [2.45, 2.75) is 83.2 Å². The van der Waals surface area contributed by atoms with Crippen LogP contribution in [0.15, 0.2) is 54.6 Å².